The maximum Gasteiger partial charge on any atom is 0.268 e. The summed E-state index contributed by atoms with van der Waals surface area (Å²) in [5.74, 6) is 0.977. The Morgan fingerprint density at radius 2 is 1.83 bits per heavy atom. The molecule has 0 radical (unpaired) electrons. The Labute approximate surface area is 209 Å². The highest BCUT2D eigenvalue weighted by Crippen LogP contribution is 2.33. The predicted molar refractivity (Wildman–Crippen MR) is 135 cm³/mol. The maximum atomic E-state index is 13.9. The number of hydrogen-bond acceptors (Lipinski definition) is 6. The van der Waals surface area contributed by atoms with Crippen LogP contribution in [0.25, 0.3) is 0 Å². The van der Waals surface area contributed by atoms with Crippen LogP contribution in [0.1, 0.15) is 36.8 Å². The van der Waals surface area contributed by atoms with E-state index in [1.54, 1.807) is 29.2 Å². The van der Waals surface area contributed by atoms with Crippen LogP contribution in [-0.2, 0) is 16.1 Å². The molecule has 0 aliphatic carbocycles. The van der Waals surface area contributed by atoms with Crippen LogP contribution in [0.15, 0.2) is 66.0 Å². The molecule has 2 amide bonds. The molecular weight excluding hydrogens is 464 g/mol. The van der Waals surface area contributed by atoms with E-state index in [1.807, 2.05) is 29.6 Å². The minimum Gasteiger partial charge on any atom is -0.508 e. The number of rotatable bonds is 9. The molecule has 0 fully saturated rings. The second-order valence-corrected chi connectivity index (χ2v) is 9.91. The van der Waals surface area contributed by atoms with E-state index in [9.17, 15) is 14.7 Å². The van der Waals surface area contributed by atoms with Crippen molar-refractivity contribution in [2.45, 2.75) is 39.0 Å². The quantitative estimate of drug-likeness (QED) is 0.457. The Kier molecular flexibility index (Phi) is 7.92. The number of nitrogens with zero attached hydrogens (tertiary/aromatic N) is 1. The fraction of sp³-hybridized carbons (Fsp3) is 0.333. The highest BCUT2D eigenvalue weighted by atomic mass is 32.1. The van der Waals surface area contributed by atoms with E-state index in [1.165, 1.54) is 23.5 Å². The zero-order valence-corrected chi connectivity index (χ0v) is 20.7. The summed E-state index contributed by atoms with van der Waals surface area (Å²) in [6.07, 6.45) is -0.0727. The summed E-state index contributed by atoms with van der Waals surface area (Å²) in [6, 6.07) is 16.5. The first-order chi connectivity index (χ1) is 16.9. The number of carbonyl (C=O) groups excluding carboxylic acids is 2. The first kappa shape index (κ1) is 24.6. The zero-order valence-electron chi connectivity index (χ0n) is 19.8. The third kappa shape index (κ3) is 6.14. The topological polar surface area (TPSA) is 88.1 Å². The number of amides is 2. The standard InChI is InChI=1S/C27H30N2O5S/c1-18(2)13-14-28-26(31)25(19-9-11-20(30)12-10-19)29(16-21-6-5-15-35-21)27(32)24-17-33-22-7-3-4-8-23(22)34-24/h3-12,15,18,24-25,30H,13-14,16-17H2,1-2H3,(H,28,31)/t24-,25-/m1/s1. The van der Waals surface area contributed by atoms with Crippen LogP contribution in [0, 0.1) is 5.92 Å². The van der Waals surface area contributed by atoms with Gasteiger partial charge in [-0.15, -0.1) is 11.3 Å². The lowest BCUT2D eigenvalue weighted by molar-refractivity contribution is -0.149. The summed E-state index contributed by atoms with van der Waals surface area (Å²) >= 11 is 1.51. The van der Waals surface area contributed by atoms with Crippen LogP contribution < -0.4 is 14.8 Å². The monoisotopic (exact) mass is 494 g/mol. The molecule has 1 aliphatic heterocycles. The molecule has 1 aromatic heterocycles. The van der Waals surface area contributed by atoms with Crippen LogP contribution in [0.4, 0.5) is 0 Å². The van der Waals surface area contributed by atoms with Crippen molar-refractivity contribution in [1.82, 2.24) is 10.2 Å². The molecule has 0 spiro atoms. The Morgan fingerprint density at radius 3 is 2.51 bits per heavy atom. The predicted octanol–water partition coefficient (Wildman–Crippen LogP) is 4.53. The van der Waals surface area contributed by atoms with E-state index < -0.39 is 12.1 Å². The number of nitrogens with one attached hydrogen (secondary N) is 1. The van der Waals surface area contributed by atoms with Gasteiger partial charge in [0.2, 0.25) is 12.0 Å². The molecule has 2 N–H and O–H groups in total. The third-order valence-corrected chi connectivity index (χ3v) is 6.62. The summed E-state index contributed by atoms with van der Waals surface area (Å²) < 4.78 is 11.8. The molecule has 1 aliphatic rings. The molecule has 3 aromatic rings. The van der Waals surface area contributed by atoms with Crippen molar-refractivity contribution in [2.75, 3.05) is 13.2 Å². The largest absolute Gasteiger partial charge is 0.508 e. The number of thiophene rings is 1. The van der Waals surface area contributed by atoms with Gasteiger partial charge in [-0.1, -0.05) is 44.2 Å². The first-order valence-corrected chi connectivity index (χ1v) is 12.6. The summed E-state index contributed by atoms with van der Waals surface area (Å²) in [7, 11) is 0. The van der Waals surface area contributed by atoms with Crippen LogP contribution in [-0.4, -0.2) is 41.1 Å². The van der Waals surface area contributed by atoms with Crippen molar-refractivity contribution in [3.8, 4) is 17.2 Å². The van der Waals surface area contributed by atoms with Crippen molar-refractivity contribution >= 4 is 23.2 Å². The number of ether oxygens (including phenoxy) is 2. The molecule has 184 valence electrons. The lowest BCUT2D eigenvalue weighted by Crippen LogP contribution is -2.50. The van der Waals surface area contributed by atoms with Crippen molar-refractivity contribution < 1.29 is 24.2 Å². The molecule has 0 saturated carbocycles. The second kappa shape index (κ2) is 11.3. The molecule has 2 aromatic carbocycles. The van der Waals surface area contributed by atoms with E-state index in [0.717, 1.165) is 11.3 Å². The molecule has 35 heavy (non-hydrogen) atoms. The van der Waals surface area contributed by atoms with E-state index in [0.29, 0.717) is 29.5 Å². The van der Waals surface area contributed by atoms with Gasteiger partial charge in [0.05, 0.1) is 6.54 Å². The van der Waals surface area contributed by atoms with Gasteiger partial charge >= 0.3 is 0 Å². The highest BCUT2D eigenvalue weighted by molar-refractivity contribution is 7.09. The van der Waals surface area contributed by atoms with Gasteiger partial charge in [-0.05, 0) is 53.6 Å². The Morgan fingerprint density at radius 1 is 1.09 bits per heavy atom. The first-order valence-electron chi connectivity index (χ1n) is 11.7. The second-order valence-electron chi connectivity index (χ2n) is 8.88. The Hall–Kier alpha value is -3.52. The minimum absolute atomic E-state index is 0.0497. The van der Waals surface area contributed by atoms with Gasteiger partial charge in [0.1, 0.15) is 18.4 Å². The fourth-order valence-electron chi connectivity index (χ4n) is 3.90. The number of carbonyl (C=O) groups is 2. The molecular formula is C27H30N2O5S. The number of para-hydroxylation sites is 2. The van der Waals surface area contributed by atoms with E-state index in [4.69, 9.17) is 9.47 Å². The van der Waals surface area contributed by atoms with Gasteiger partial charge in [0.15, 0.2) is 11.5 Å². The lowest BCUT2D eigenvalue weighted by atomic mass is 10.0. The molecule has 8 heteroatoms. The summed E-state index contributed by atoms with van der Waals surface area (Å²) in [6.45, 7) is 4.97. The average Bonchev–Trinajstić information content (AvgIpc) is 3.37. The lowest BCUT2D eigenvalue weighted by Gasteiger charge is -2.35. The van der Waals surface area contributed by atoms with Gasteiger partial charge in [0, 0.05) is 11.4 Å². The number of aromatic hydroxyl groups is 1. The SMILES string of the molecule is CC(C)CCNC(=O)[C@@H](c1ccc(O)cc1)N(Cc1cccs1)C(=O)[C@H]1COc2ccccc2O1. The Bertz CT molecular complexity index is 1130. The van der Waals surface area contributed by atoms with Gasteiger partial charge < -0.3 is 24.8 Å². The number of phenolic OH excluding ortho intramolecular Hbond substituents is 1. The molecule has 2 atom stereocenters. The van der Waals surface area contributed by atoms with Crippen LogP contribution in [0.2, 0.25) is 0 Å². The molecule has 0 saturated heterocycles. The number of hydrogen-bond donors (Lipinski definition) is 2. The number of phenols is 1. The summed E-state index contributed by atoms with van der Waals surface area (Å²) in [4.78, 5) is 29.9. The van der Waals surface area contributed by atoms with Crippen LogP contribution in [0.5, 0.6) is 17.2 Å². The summed E-state index contributed by atoms with van der Waals surface area (Å²) in [5.41, 5.74) is 0.604. The third-order valence-electron chi connectivity index (χ3n) is 5.76. The average molecular weight is 495 g/mol. The molecule has 4 rings (SSSR count). The van der Waals surface area contributed by atoms with Gasteiger partial charge in [-0.25, -0.2) is 0 Å². The minimum atomic E-state index is -0.905. The molecule has 0 bridgehead atoms. The van der Waals surface area contributed by atoms with Crippen molar-refractivity contribution in [2.24, 2.45) is 5.92 Å². The van der Waals surface area contributed by atoms with Crippen molar-refractivity contribution in [3.05, 3.63) is 76.5 Å². The van der Waals surface area contributed by atoms with Gasteiger partial charge in [0.25, 0.3) is 5.91 Å². The number of benzene rings is 2. The highest BCUT2D eigenvalue weighted by Gasteiger charge is 2.38. The van der Waals surface area contributed by atoms with Gasteiger partial charge in [-0.3, -0.25) is 9.59 Å². The van der Waals surface area contributed by atoms with Crippen LogP contribution in [0.3, 0.4) is 0 Å². The van der Waals surface area contributed by atoms with E-state index >= 15 is 0 Å². The maximum absolute atomic E-state index is 13.9. The van der Waals surface area contributed by atoms with E-state index in [-0.39, 0.29) is 30.7 Å². The van der Waals surface area contributed by atoms with Crippen molar-refractivity contribution in [1.29, 1.82) is 0 Å². The molecule has 0 unspecified atom stereocenters. The fourth-order valence-corrected chi connectivity index (χ4v) is 4.61. The number of fused-ring (bicyclic) bond motifs is 1. The van der Waals surface area contributed by atoms with Gasteiger partial charge in [-0.2, -0.15) is 0 Å². The smallest absolute Gasteiger partial charge is 0.268 e. The van der Waals surface area contributed by atoms with Crippen molar-refractivity contribution in [3.63, 3.8) is 0 Å². The Balaban J connectivity index is 1.66. The van der Waals surface area contributed by atoms with E-state index in [2.05, 4.69) is 19.2 Å². The summed E-state index contributed by atoms with van der Waals surface area (Å²) in [5, 5.41) is 14.7. The molecule has 7 nitrogen and oxygen atoms in total. The molecule has 2 heterocycles. The zero-order chi connectivity index (χ0) is 24.8. The van der Waals surface area contributed by atoms with Crippen LogP contribution >= 0.6 is 11.3 Å². The normalized spacial score (nSPS) is 15.5.